The summed E-state index contributed by atoms with van der Waals surface area (Å²) in [6, 6.07) is -0.104. The number of carbonyl (C=O) groups is 1. The first-order valence-electron chi connectivity index (χ1n) is 7.25. The van der Waals surface area contributed by atoms with Crippen molar-refractivity contribution in [3.8, 4) is 0 Å². The van der Waals surface area contributed by atoms with E-state index >= 15 is 0 Å². The summed E-state index contributed by atoms with van der Waals surface area (Å²) in [6.45, 7) is 7.30. The average molecular weight is 307 g/mol. The van der Waals surface area contributed by atoms with Crippen LogP contribution in [0.25, 0.3) is 4.96 Å². The molecule has 2 aromatic rings. The van der Waals surface area contributed by atoms with Crippen molar-refractivity contribution in [3.63, 3.8) is 0 Å². The Morgan fingerprint density at radius 3 is 2.86 bits per heavy atom. The van der Waals surface area contributed by atoms with Crippen LogP contribution in [0.15, 0.2) is 6.20 Å². The van der Waals surface area contributed by atoms with Gasteiger partial charge in [0.15, 0.2) is 0 Å². The van der Waals surface area contributed by atoms with Crippen molar-refractivity contribution in [2.24, 2.45) is 0 Å². The Bertz CT molecular complexity index is 637. The van der Waals surface area contributed by atoms with Gasteiger partial charge in [-0.05, 0) is 12.8 Å². The first-order chi connectivity index (χ1) is 9.90. The molecule has 2 aromatic heterocycles. The Hall–Kier alpha value is -1.63. The van der Waals surface area contributed by atoms with Crippen molar-refractivity contribution in [3.05, 3.63) is 11.9 Å². The molecule has 0 unspecified atom stereocenters. The molecule has 1 amide bonds. The first-order valence-corrected chi connectivity index (χ1v) is 8.07. The summed E-state index contributed by atoms with van der Waals surface area (Å²) < 4.78 is 1.83. The second-order valence-electron chi connectivity index (χ2n) is 6.45. The van der Waals surface area contributed by atoms with Crippen LogP contribution in [0, 0.1) is 0 Å². The summed E-state index contributed by atoms with van der Waals surface area (Å²) in [7, 11) is 1.68. The third-order valence-corrected chi connectivity index (χ3v) is 4.81. The van der Waals surface area contributed by atoms with E-state index in [0.29, 0.717) is 0 Å². The van der Waals surface area contributed by atoms with E-state index < -0.39 is 0 Å². The van der Waals surface area contributed by atoms with Crippen LogP contribution >= 0.6 is 11.3 Å². The van der Waals surface area contributed by atoms with Crippen molar-refractivity contribution in [1.82, 2.24) is 19.9 Å². The van der Waals surface area contributed by atoms with Gasteiger partial charge in [0, 0.05) is 19.0 Å². The normalized spacial score (nSPS) is 19.4. The highest BCUT2D eigenvalue weighted by Gasteiger charge is 2.32. The second kappa shape index (κ2) is 4.98. The van der Waals surface area contributed by atoms with E-state index in [9.17, 15) is 4.79 Å². The molecular formula is C14H21N5OS. The molecule has 1 aliphatic heterocycles. The minimum absolute atomic E-state index is 0.0197. The summed E-state index contributed by atoms with van der Waals surface area (Å²) in [5.41, 5.74) is 1.06. The van der Waals surface area contributed by atoms with Crippen molar-refractivity contribution >= 4 is 27.3 Å². The number of hydrogen-bond acceptors (Lipinski definition) is 5. The number of rotatable bonds is 2. The SMILES string of the molecule is CNC(=O)[C@H]1CCCN1c1nn2cc(C(C)(C)C)nc2s1. The fraction of sp³-hybridized carbons (Fsp3) is 0.643. The number of hydrogen-bond donors (Lipinski definition) is 1. The van der Waals surface area contributed by atoms with E-state index in [1.165, 1.54) is 0 Å². The molecule has 1 N–H and O–H groups in total. The Labute approximate surface area is 128 Å². The number of aromatic nitrogens is 3. The lowest BCUT2D eigenvalue weighted by Crippen LogP contribution is -2.42. The molecule has 3 rings (SSSR count). The van der Waals surface area contributed by atoms with Gasteiger partial charge in [0.25, 0.3) is 0 Å². The van der Waals surface area contributed by atoms with Crippen molar-refractivity contribution in [1.29, 1.82) is 0 Å². The molecule has 0 bridgehead atoms. The summed E-state index contributed by atoms with van der Waals surface area (Å²) in [6.07, 6.45) is 3.89. The van der Waals surface area contributed by atoms with Gasteiger partial charge in [-0.15, -0.1) is 5.10 Å². The highest BCUT2D eigenvalue weighted by atomic mass is 32.1. The minimum Gasteiger partial charge on any atom is -0.357 e. The largest absolute Gasteiger partial charge is 0.357 e. The van der Waals surface area contributed by atoms with Crippen molar-refractivity contribution < 1.29 is 4.79 Å². The smallest absolute Gasteiger partial charge is 0.242 e. The van der Waals surface area contributed by atoms with Crippen LogP contribution in [-0.2, 0) is 10.2 Å². The Morgan fingerprint density at radius 2 is 2.24 bits per heavy atom. The maximum absolute atomic E-state index is 11.9. The number of imidazole rings is 1. The predicted molar refractivity (Wildman–Crippen MR) is 84.0 cm³/mol. The molecule has 1 saturated heterocycles. The van der Waals surface area contributed by atoms with E-state index in [0.717, 1.165) is 35.2 Å². The first kappa shape index (κ1) is 14.3. The van der Waals surface area contributed by atoms with Crippen LogP contribution in [0.2, 0.25) is 0 Å². The molecule has 1 fully saturated rings. The van der Waals surface area contributed by atoms with E-state index in [1.807, 2.05) is 10.7 Å². The summed E-state index contributed by atoms with van der Waals surface area (Å²) >= 11 is 1.55. The highest BCUT2D eigenvalue weighted by Crippen LogP contribution is 2.31. The molecule has 0 spiro atoms. The standard InChI is InChI=1S/C14H21N5OS/c1-14(2,3)10-8-19-12(16-10)21-13(17-19)18-7-5-6-9(18)11(20)15-4/h8-9H,5-7H2,1-4H3,(H,15,20)/t9-/m1/s1. The summed E-state index contributed by atoms with van der Waals surface area (Å²) in [5, 5.41) is 8.23. The molecule has 21 heavy (non-hydrogen) atoms. The molecule has 0 aliphatic carbocycles. The van der Waals surface area contributed by atoms with E-state index in [1.54, 1.807) is 18.4 Å². The molecule has 114 valence electrons. The Morgan fingerprint density at radius 1 is 1.48 bits per heavy atom. The number of amides is 1. The zero-order valence-corrected chi connectivity index (χ0v) is 13.7. The van der Waals surface area contributed by atoms with Crippen LogP contribution in [-0.4, -0.2) is 40.1 Å². The lowest BCUT2D eigenvalue weighted by Gasteiger charge is -2.21. The molecule has 1 aliphatic rings. The molecular weight excluding hydrogens is 286 g/mol. The number of anilines is 1. The molecule has 7 heteroatoms. The maximum Gasteiger partial charge on any atom is 0.242 e. The molecule has 0 saturated carbocycles. The van der Waals surface area contributed by atoms with Gasteiger partial charge in [-0.1, -0.05) is 32.1 Å². The lowest BCUT2D eigenvalue weighted by atomic mass is 9.93. The number of carbonyl (C=O) groups excluding carboxylic acids is 1. The third kappa shape index (κ3) is 2.50. The van der Waals surface area contributed by atoms with Gasteiger partial charge in [0.1, 0.15) is 6.04 Å². The van der Waals surface area contributed by atoms with Gasteiger partial charge in [0.05, 0.1) is 11.9 Å². The van der Waals surface area contributed by atoms with E-state index in [2.05, 4.69) is 41.1 Å². The number of nitrogens with zero attached hydrogens (tertiary/aromatic N) is 4. The van der Waals surface area contributed by atoms with Gasteiger partial charge in [-0.25, -0.2) is 9.50 Å². The minimum atomic E-state index is -0.104. The predicted octanol–water partition coefficient (Wildman–Crippen LogP) is 1.80. The van der Waals surface area contributed by atoms with Crippen LogP contribution in [0.3, 0.4) is 0 Å². The van der Waals surface area contributed by atoms with Crippen molar-refractivity contribution in [2.75, 3.05) is 18.5 Å². The average Bonchev–Trinajstić information content (AvgIpc) is 3.08. The fourth-order valence-corrected chi connectivity index (χ4v) is 3.56. The number of fused-ring (bicyclic) bond motifs is 1. The van der Waals surface area contributed by atoms with Gasteiger partial charge in [-0.2, -0.15) is 0 Å². The lowest BCUT2D eigenvalue weighted by molar-refractivity contribution is -0.121. The monoisotopic (exact) mass is 307 g/mol. The van der Waals surface area contributed by atoms with Crippen LogP contribution in [0.1, 0.15) is 39.3 Å². The van der Waals surface area contributed by atoms with E-state index in [4.69, 9.17) is 0 Å². The van der Waals surface area contributed by atoms with Gasteiger partial charge < -0.3 is 10.2 Å². The van der Waals surface area contributed by atoms with Gasteiger partial charge in [-0.3, -0.25) is 4.79 Å². The zero-order valence-electron chi connectivity index (χ0n) is 12.9. The van der Waals surface area contributed by atoms with Crippen LogP contribution < -0.4 is 10.2 Å². The molecule has 1 atom stereocenters. The number of likely N-dealkylation sites (N-methyl/N-ethyl adjacent to an activating group) is 1. The van der Waals surface area contributed by atoms with Crippen LogP contribution in [0.5, 0.6) is 0 Å². The molecule has 0 radical (unpaired) electrons. The molecule has 6 nitrogen and oxygen atoms in total. The Balaban J connectivity index is 1.91. The molecule has 3 heterocycles. The third-order valence-electron chi connectivity index (χ3n) is 3.85. The van der Waals surface area contributed by atoms with Crippen LogP contribution in [0.4, 0.5) is 5.13 Å². The molecule has 0 aromatic carbocycles. The highest BCUT2D eigenvalue weighted by molar-refractivity contribution is 7.20. The second-order valence-corrected chi connectivity index (χ2v) is 7.39. The maximum atomic E-state index is 11.9. The fourth-order valence-electron chi connectivity index (χ4n) is 2.60. The quantitative estimate of drug-likeness (QED) is 0.919. The van der Waals surface area contributed by atoms with E-state index in [-0.39, 0.29) is 17.4 Å². The van der Waals surface area contributed by atoms with Gasteiger partial charge >= 0.3 is 0 Å². The summed E-state index contributed by atoms with van der Waals surface area (Å²) in [4.78, 5) is 19.6. The summed E-state index contributed by atoms with van der Waals surface area (Å²) in [5.74, 6) is 0.0655. The number of nitrogens with one attached hydrogen (secondary N) is 1. The topological polar surface area (TPSA) is 62.5 Å². The Kier molecular flexibility index (Phi) is 3.39. The van der Waals surface area contributed by atoms with Crippen molar-refractivity contribution in [2.45, 2.75) is 45.1 Å². The zero-order chi connectivity index (χ0) is 15.2. The van der Waals surface area contributed by atoms with Gasteiger partial charge in [0.2, 0.25) is 16.0 Å².